The topological polar surface area (TPSA) is 90.1 Å². The van der Waals surface area contributed by atoms with Crippen LogP contribution >= 0.6 is 11.6 Å². The molecule has 0 radical (unpaired) electrons. The van der Waals surface area contributed by atoms with Gasteiger partial charge in [0.25, 0.3) is 5.91 Å². The first-order valence-corrected chi connectivity index (χ1v) is 10.00. The molecular weight excluding hydrogens is 391 g/mol. The number of sulfone groups is 1. The van der Waals surface area contributed by atoms with E-state index in [9.17, 15) is 17.6 Å². The third-order valence-corrected chi connectivity index (χ3v) is 5.49. The summed E-state index contributed by atoms with van der Waals surface area (Å²) in [5.74, 6) is -1.15. The van der Waals surface area contributed by atoms with Crippen LogP contribution in [0.3, 0.4) is 0 Å². The number of amides is 1. The van der Waals surface area contributed by atoms with Gasteiger partial charge >= 0.3 is 0 Å². The maximum atomic E-state index is 13.3. The van der Waals surface area contributed by atoms with Crippen LogP contribution in [0.5, 0.6) is 0 Å². The molecule has 0 aliphatic heterocycles. The van der Waals surface area contributed by atoms with Crippen LogP contribution in [0.25, 0.3) is 22.4 Å². The molecule has 3 rings (SSSR count). The molecule has 5 nitrogen and oxygen atoms in total. The van der Waals surface area contributed by atoms with Gasteiger partial charge < -0.3 is 5.73 Å². The van der Waals surface area contributed by atoms with Crippen LogP contribution in [0.1, 0.15) is 10.4 Å². The fourth-order valence-electron chi connectivity index (χ4n) is 2.62. The maximum Gasteiger partial charge on any atom is 0.251 e. The summed E-state index contributed by atoms with van der Waals surface area (Å²) in [5, 5.41) is 0.0870. The zero-order valence-corrected chi connectivity index (χ0v) is 15.7. The van der Waals surface area contributed by atoms with Crippen LogP contribution in [0.4, 0.5) is 4.39 Å². The fourth-order valence-corrected chi connectivity index (χ4v) is 3.59. The van der Waals surface area contributed by atoms with Crippen molar-refractivity contribution in [3.63, 3.8) is 0 Å². The molecule has 0 fully saturated rings. The lowest BCUT2D eigenvalue weighted by atomic mass is 9.97. The van der Waals surface area contributed by atoms with Crippen molar-refractivity contribution in [2.24, 2.45) is 5.73 Å². The molecule has 8 heteroatoms. The summed E-state index contributed by atoms with van der Waals surface area (Å²) in [7, 11) is -3.36. The Hall–Kier alpha value is -2.77. The molecule has 0 bridgehead atoms. The molecule has 0 saturated heterocycles. The average molecular weight is 405 g/mol. The van der Waals surface area contributed by atoms with Crippen molar-refractivity contribution >= 4 is 27.3 Å². The number of hydrogen-bond donors (Lipinski definition) is 1. The highest BCUT2D eigenvalue weighted by Crippen LogP contribution is 2.38. The molecule has 0 unspecified atom stereocenters. The summed E-state index contributed by atoms with van der Waals surface area (Å²) in [5.41, 5.74) is 7.33. The van der Waals surface area contributed by atoms with Gasteiger partial charge in [-0.1, -0.05) is 23.7 Å². The summed E-state index contributed by atoms with van der Waals surface area (Å²) in [4.78, 5) is 16.1. The van der Waals surface area contributed by atoms with Crippen LogP contribution in [-0.2, 0) is 9.84 Å². The fraction of sp³-hybridized carbons (Fsp3) is 0.0526. The number of carbonyl (C=O) groups is 1. The van der Waals surface area contributed by atoms with Crippen molar-refractivity contribution in [3.05, 3.63) is 71.1 Å². The van der Waals surface area contributed by atoms with Crippen LogP contribution in [0.2, 0.25) is 5.02 Å². The zero-order valence-electron chi connectivity index (χ0n) is 14.1. The van der Waals surface area contributed by atoms with Crippen LogP contribution < -0.4 is 5.73 Å². The second kappa shape index (κ2) is 7.09. The summed E-state index contributed by atoms with van der Waals surface area (Å²) in [6.07, 6.45) is 2.37. The minimum atomic E-state index is -3.36. The Morgan fingerprint density at radius 3 is 2.11 bits per heavy atom. The number of halogens is 2. The molecule has 0 aliphatic carbocycles. The Balaban J connectivity index is 2.26. The number of rotatable bonds is 4. The molecule has 0 aliphatic rings. The summed E-state index contributed by atoms with van der Waals surface area (Å²) < 4.78 is 36.6. The molecule has 2 N–H and O–H groups in total. The highest BCUT2D eigenvalue weighted by atomic mass is 35.5. The molecule has 3 aromatic rings. The van der Waals surface area contributed by atoms with E-state index in [2.05, 4.69) is 4.98 Å². The van der Waals surface area contributed by atoms with Gasteiger partial charge in [0.05, 0.1) is 21.2 Å². The minimum Gasteiger partial charge on any atom is -0.366 e. The van der Waals surface area contributed by atoms with E-state index in [0.29, 0.717) is 22.4 Å². The third-order valence-electron chi connectivity index (χ3n) is 3.97. The molecule has 0 saturated carbocycles. The predicted molar refractivity (Wildman–Crippen MR) is 102 cm³/mol. The Morgan fingerprint density at radius 2 is 1.59 bits per heavy atom. The summed E-state index contributed by atoms with van der Waals surface area (Å²) in [6, 6.07) is 11.6. The van der Waals surface area contributed by atoms with E-state index < -0.39 is 21.6 Å². The number of nitrogens with zero attached hydrogens (tertiary/aromatic N) is 1. The van der Waals surface area contributed by atoms with E-state index in [1.807, 2.05) is 0 Å². The van der Waals surface area contributed by atoms with E-state index in [4.69, 9.17) is 17.3 Å². The maximum absolute atomic E-state index is 13.3. The summed E-state index contributed by atoms with van der Waals surface area (Å²) in [6.45, 7) is 0. The van der Waals surface area contributed by atoms with E-state index in [-0.39, 0.29) is 15.5 Å². The number of primary amides is 1. The molecule has 1 amide bonds. The van der Waals surface area contributed by atoms with Crippen molar-refractivity contribution in [2.45, 2.75) is 4.90 Å². The Bertz CT molecular complexity index is 1130. The second-order valence-electron chi connectivity index (χ2n) is 5.88. The van der Waals surface area contributed by atoms with Crippen molar-refractivity contribution < 1.29 is 17.6 Å². The monoisotopic (exact) mass is 404 g/mol. The molecule has 0 atom stereocenters. The van der Waals surface area contributed by atoms with E-state index in [0.717, 1.165) is 6.26 Å². The smallest absolute Gasteiger partial charge is 0.251 e. The lowest BCUT2D eigenvalue weighted by Crippen LogP contribution is -2.13. The van der Waals surface area contributed by atoms with Crippen molar-refractivity contribution in [3.8, 4) is 22.4 Å². The van der Waals surface area contributed by atoms with Crippen LogP contribution in [0, 0.1) is 5.82 Å². The number of benzene rings is 2. The average Bonchev–Trinajstić information content (AvgIpc) is 2.61. The van der Waals surface area contributed by atoms with E-state index in [1.165, 1.54) is 42.6 Å². The highest BCUT2D eigenvalue weighted by molar-refractivity contribution is 7.90. The number of pyridine rings is 1. The lowest BCUT2D eigenvalue weighted by molar-refractivity contribution is 0.1000. The Morgan fingerprint density at radius 1 is 1.04 bits per heavy atom. The van der Waals surface area contributed by atoms with E-state index >= 15 is 0 Å². The summed E-state index contributed by atoms with van der Waals surface area (Å²) >= 11 is 6.42. The van der Waals surface area contributed by atoms with Gasteiger partial charge in [-0.05, 0) is 42.0 Å². The first kappa shape index (κ1) is 19.0. The van der Waals surface area contributed by atoms with Crippen molar-refractivity contribution in [2.75, 3.05) is 6.26 Å². The van der Waals surface area contributed by atoms with Crippen molar-refractivity contribution in [1.29, 1.82) is 0 Å². The highest BCUT2D eigenvalue weighted by Gasteiger charge is 2.19. The number of aromatic nitrogens is 1. The van der Waals surface area contributed by atoms with E-state index in [1.54, 1.807) is 12.1 Å². The minimum absolute atomic E-state index is 0.0321. The second-order valence-corrected chi connectivity index (χ2v) is 8.27. The Kier molecular flexibility index (Phi) is 4.99. The van der Waals surface area contributed by atoms with Gasteiger partial charge in [0.15, 0.2) is 9.84 Å². The number of carbonyl (C=O) groups excluding carboxylic acids is 1. The molecule has 1 aromatic heterocycles. The standard InChI is InChI=1S/C19H14ClFN2O3S/c1-27(25,26)14-8-4-11(5-9-14)16-17(20)15(19(22)24)10-23-18(16)12-2-6-13(21)7-3-12/h2-10H,1H3,(H2,22,24). The molecule has 0 spiro atoms. The largest absolute Gasteiger partial charge is 0.366 e. The van der Waals surface area contributed by atoms with Crippen LogP contribution in [-0.4, -0.2) is 25.6 Å². The normalized spacial score (nSPS) is 11.4. The van der Waals surface area contributed by atoms with Gasteiger partial charge in [0.2, 0.25) is 0 Å². The van der Waals surface area contributed by atoms with Gasteiger partial charge in [0, 0.05) is 23.6 Å². The van der Waals surface area contributed by atoms with Gasteiger partial charge in [0.1, 0.15) is 5.82 Å². The third kappa shape index (κ3) is 3.84. The predicted octanol–water partition coefficient (Wildman–Crippen LogP) is 3.71. The zero-order chi connectivity index (χ0) is 19.8. The first-order chi connectivity index (χ1) is 12.7. The molecular formula is C19H14ClFN2O3S. The lowest BCUT2D eigenvalue weighted by Gasteiger charge is -2.14. The van der Waals surface area contributed by atoms with Crippen molar-refractivity contribution in [1.82, 2.24) is 4.98 Å². The van der Waals surface area contributed by atoms with Gasteiger partial charge in [-0.2, -0.15) is 0 Å². The SMILES string of the molecule is CS(=O)(=O)c1ccc(-c2c(-c3ccc(F)cc3)ncc(C(N)=O)c2Cl)cc1. The van der Waals surface area contributed by atoms with Gasteiger partial charge in [-0.15, -0.1) is 0 Å². The molecule has 1 heterocycles. The quantitative estimate of drug-likeness (QED) is 0.717. The first-order valence-electron chi connectivity index (χ1n) is 7.73. The number of hydrogen-bond acceptors (Lipinski definition) is 4. The molecule has 27 heavy (non-hydrogen) atoms. The van der Waals surface area contributed by atoms with Gasteiger partial charge in [-0.25, -0.2) is 12.8 Å². The van der Waals surface area contributed by atoms with Gasteiger partial charge in [-0.3, -0.25) is 9.78 Å². The molecule has 138 valence electrons. The number of nitrogens with two attached hydrogens (primary N) is 1. The molecule has 2 aromatic carbocycles. The Labute approximate surface area is 160 Å². The van der Waals surface area contributed by atoms with Crippen LogP contribution in [0.15, 0.2) is 59.6 Å².